The second-order valence-corrected chi connectivity index (χ2v) is 7.29. The van der Waals surface area contributed by atoms with Crippen molar-refractivity contribution in [2.75, 3.05) is 13.1 Å². The van der Waals surface area contributed by atoms with Crippen molar-refractivity contribution in [3.05, 3.63) is 81.7 Å². The van der Waals surface area contributed by atoms with Crippen LogP contribution in [0.2, 0.25) is 5.02 Å². The monoisotopic (exact) mass is 412 g/mol. The topological polar surface area (TPSA) is 66.5 Å². The van der Waals surface area contributed by atoms with Crippen LogP contribution in [0.5, 0.6) is 0 Å². The first-order chi connectivity index (χ1) is 13.5. The first-order valence-electron chi connectivity index (χ1n) is 8.55. The molecule has 0 unspecified atom stereocenters. The van der Waals surface area contributed by atoms with Crippen LogP contribution in [0, 0.1) is 0 Å². The quantitative estimate of drug-likeness (QED) is 0.722. The number of carbonyl (C=O) groups is 3. The lowest BCUT2D eigenvalue weighted by atomic mass is 10.2. The highest BCUT2D eigenvalue weighted by atomic mass is 35.5. The number of nitrogens with one attached hydrogen (secondary N) is 1. The van der Waals surface area contributed by atoms with Crippen LogP contribution in [0.15, 0.2) is 65.6 Å². The zero-order valence-corrected chi connectivity index (χ0v) is 16.4. The van der Waals surface area contributed by atoms with Gasteiger partial charge in [-0.1, -0.05) is 60.1 Å². The molecule has 0 spiro atoms. The molecule has 1 N–H and O–H groups in total. The Kier molecular flexibility index (Phi) is 6.68. The van der Waals surface area contributed by atoms with Crippen molar-refractivity contribution in [2.45, 2.75) is 0 Å². The number of hydrogen-bond acceptors (Lipinski definition) is 4. The Balaban J connectivity index is 1.54. The van der Waals surface area contributed by atoms with Gasteiger partial charge >= 0.3 is 0 Å². The van der Waals surface area contributed by atoms with Gasteiger partial charge in [-0.2, -0.15) is 0 Å². The molecule has 0 radical (unpaired) electrons. The Morgan fingerprint density at radius 1 is 1.07 bits per heavy atom. The van der Waals surface area contributed by atoms with Crippen LogP contribution in [0.4, 0.5) is 4.79 Å². The number of carbonyl (C=O) groups excluding carboxylic acids is 3. The number of hydrogen-bond donors (Lipinski definition) is 1. The summed E-state index contributed by atoms with van der Waals surface area (Å²) in [6.07, 6.45) is 4.72. The summed E-state index contributed by atoms with van der Waals surface area (Å²) in [5, 5.41) is 2.82. The highest BCUT2D eigenvalue weighted by Gasteiger charge is 2.34. The first-order valence-corrected chi connectivity index (χ1v) is 9.75. The summed E-state index contributed by atoms with van der Waals surface area (Å²) in [7, 11) is 0. The molecule has 1 aliphatic rings. The van der Waals surface area contributed by atoms with Crippen LogP contribution < -0.4 is 5.32 Å². The van der Waals surface area contributed by atoms with E-state index in [0.717, 1.165) is 22.2 Å². The molecule has 0 atom stereocenters. The standard InChI is InChI=1S/C21H17ClN2O3S/c22-17-9-5-4-8-16(17)14-18-20(26)24(21(27)28-18)13-12-23-19(25)11-10-15-6-2-1-3-7-15/h1-11,14H,12-13H2,(H,23,25)/b11-10+,18-14-. The summed E-state index contributed by atoms with van der Waals surface area (Å²) >= 11 is 6.96. The number of benzene rings is 2. The number of thioether (sulfide) groups is 1. The molecule has 3 amide bonds. The molecule has 1 heterocycles. The number of imide groups is 1. The van der Waals surface area contributed by atoms with Gasteiger partial charge in [0.15, 0.2) is 0 Å². The highest BCUT2D eigenvalue weighted by molar-refractivity contribution is 8.18. The second-order valence-electron chi connectivity index (χ2n) is 5.89. The maximum Gasteiger partial charge on any atom is 0.293 e. The average molecular weight is 413 g/mol. The van der Waals surface area contributed by atoms with Gasteiger partial charge in [-0.25, -0.2) is 0 Å². The molecular weight excluding hydrogens is 396 g/mol. The summed E-state index contributed by atoms with van der Waals surface area (Å²) in [5.41, 5.74) is 1.59. The predicted octanol–water partition coefficient (Wildman–Crippen LogP) is 4.21. The van der Waals surface area contributed by atoms with E-state index in [1.54, 1.807) is 36.4 Å². The average Bonchev–Trinajstić information content (AvgIpc) is 2.96. The van der Waals surface area contributed by atoms with E-state index in [1.807, 2.05) is 30.3 Å². The number of amides is 3. The lowest BCUT2D eigenvalue weighted by Gasteiger charge is -2.12. The fraction of sp³-hybridized carbons (Fsp3) is 0.0952. The molecule has 7 heteroatoms. The molecule has 0 bridgehead atoms. The highest BCUT2D eigenvalue weighted by Crippen LogP contribution is 2.33. The van der Waals surface area contributed by atoms with Crippen molar-refractivity contribution < 1.29 is 14.4 Å². The van der Waals surface area contributed by atoms with Crippen LogP contribution in [-0.2, 0) is 9.59 Å². The molecule has 1 aliphatic heterocycles. The summed E-state index contributed by atoms with van der Waals surface area (Å²) in [5.74, 6) is -0.675. The minimum Gasteiger partial charge on any atom is -0.351 e. The number of rotatable bonds is 6. The van der Waals surface area contributed by atoms with Gasteiger partial charge in [0.05, 0.1) is 4.91 Å². The SMILES string of the molecule is O=C(/C=C/c1ccccc1)NCCN1C(=O)S/C(=C\c2ccccc2Cl)C1=O. The van der Waals surface area contributed by atoms with Gasteiger partial charge in [0.2, 0.25) is 5.91 Å². The molecule has 28 heavy (non-hydrogen) atoms. The molecule has 0 saturated carbocycles. The van der Waals surface area contributed by atoms with Gasteiger partial charge < -0.3 is 5.32 Å². The molecule has 0 aliphatic carbocycles. The van der Waals surface area contributed by atoms with Crippen molar-refractivity contribution >= 4 is 52.6 Å². The lowest BCUT2D eigenvalue weighted by Crippen LogP contribution is -2.36. The van der Waals surface area contributed by atoms with Crippen molar-refractivity contribution in [1.82, 2.24) is 10.2 Å². The molecule has 1 fully saturated rings. The molecule has 2 aromatic rings. The number of nitrogens with zero attached hydrogens (tertiary/aromatic N) is 1. The Bertz CT molecular complexity index is 957. The summed E-state index contributed by atoms with van der Waals surface area (Å²) in [6, 6.07) is 16.5. The molecule has 142 valence electrons. The van der Waals surface area contributed by atoms with Gasteiger partial charge in [0, 0.05) is 24.2 Å². The van der Waals surface area contributed by atoms with E-state index in [4.69, 9.17) is 11.6 Å². The van der Waals surface area contributed by atoms with Crippen LogP contribution in [0.25, 0.3) is 12.2 Å². The van der Waals surface area contributed by atoms with Gasteiger partial charge in [0.1, 0.15) is 0 Å². The van der Waals surface area contributed by atoms with Crippen molar-refractivity contribution in [1.29, 1.82) is 0 Å². The summed E-state index contributed by atoms with van der Waals surface area (Å²) in [6.45, 7) is 0.283. The lowest BCUT2D eigenvalue weighted by molar-refractivity contribution is -0.123. The molecule has 1 saturated heterocycles. The third-order valence-corrected chi connectivity index (χ3v) is 5.18. The van der Waals surface area contributed by atoms with E-state index < -0.39 is 0 Å². The molecule has 5 nitrogen and oxygen atoms in total. The summed E-state index contributed by atoms with van der Waals surface area (Å²) < 4.78 is 0. The van der Waals surface area contributed by atoms with E-state index >= 15 is 0 Å². The zero-order chi connectivity index (χ0) is 19.9. The molecular formula is C21H17ClN2O3S. The molecule has 3 rings (SSSR count). The van der Waals surface area contributed by atoms with Gasteiger partial charge in [-0.05, 0) is 41.1 Å². The van der Waals surface area contributed by atoms with Gasteiger partial charge in [-0.15, -0.1) is 0 Å². The minimum atomic E-state index is -0.385. The normalized spacial score (nSPS) is 15.6. The Hall–Kier alpha value is -2.83. The number of halogens is 1. The van der Waals surface area contributed by atoms with E-state index in [9.17, 15) is 14.4 Å². The Morgan fingerprint density at radius 3 is 2.54 bits per heavy atom. The predicted molar refractivity (Wildman–Crippen MR) is 113 cm³/mol. The smallest absolute Gasteiger partial charge is 0.293 e. The Morgan fingerprint density at radius 2 is 1.79 bits per heavy atom. The zero-order valence-electron chi connectivity index (χ0n) is 14.8. The van der Waals surface area contributed by atoms with Crippen molar-refractivity contribution in [3.8, 4) is 0 Å². The largest absolute Gasteiger partial charge is 0.351 e. The van der Waals surface area contributed by atoms with Crippen LogP contribution >= 0.6 is 23.4 Å². The van der Waals surface area contributed by atoms with E-state index in [2.05, 4.69) is 5.32 Å². The van der Waals surface area contributed by atoms with Crippen LogP contribution in [0.1, 0.15) is 11.1 Å². The third kappa shape index (κ3) is 5.12. The van der Waals surface area contributed by atoms with E-state index in [-0.39, 0.29) is 30.1 Å². The first kappa shape index (κ1) is 19.9. The summed E-state index contributed by atoms with van der Waals surface area (Å²) in [4.78, 5) is 37.9. The maximum atomic E-state index is 12.5. The van der Waals surface area contributed by atoms with Crippen LogP contribution in [-0.4, -0.2) is 35.0 Å². The fourth-order valence-corrected chi connectivity index (χ4v) is 3.56. The third-order valence-electron chi connectivity index (χ3n) is 3.93. The minimum absolute atomic E-state index is 0.107. The Labute approximate surface area is 172 Å². The van der Waals surface area contributed by atoms with Crippen molar-refractivity contribution in [3.63, 3.8) is 0 Å². The molecule has 2 aromatic carbocycles. The van der Waals surface area contributed by atoms with Crippen LogP contribution in [0.3, 0.4) is 0 Å². The van der Waals surface area contributed by atoms with Crippen molar-refractivity contribution in [2.24, 2.45) is 0 Å². The van der Waals surface area contributed by atoms with Gasteiger partial charge in [-0.3, -0.25) is 19.3 Å². The maximum absolute atomic E-state index is 12.5. The van der Waals surface area contributed by atoms with Gasteiger partial charge in [0.25, 0.3) is 11.1 Å². The second kappa shape index (κ2) is 9.39. The fourth-order valence-electron chi connectivity index (χ4n) is 2.51. The van der Waals surface area contributed by atoms with E-state index in [1.165, 1.54) is 6.08 Å². The molecule has 0 aromatic heterocycles. The van der Waals surface area contributed by atoms with E-state index in [0.29, 0.717) is 15.5 Å².